The van der Waals surface area contributed by atoms with Crippen LogP contribution in [0, 0.1) is 17.8 Å². The molecule has 0 saturated carbocycles. The van der Waals surface area contributed by atoms with Crippen molar-refractivity contribution >= 4 is 5.78 Å². The molecule has 1 aromatic rings. The molecule has 1 heterocycles. The van der Waals surface area contributed by atoms with Crippen LogP contribution in [0.15, 0.2) is 30.3 Å². The number of carbonyl (C=O) groups is 1. The fourth-order valence-electron chi connectivity index (χ4n) is 2.35. The van der Waals surface area contributed by atoms with Crippen LogP contribution in [0.1, 0.15) is 38.5 Å². The Labute approximate surface area is 120 Å². The Morgan fingerprint density at radius 2 is 2.10 bits per heavy atom. The van der Waals surface area contributed by atoms with Crippen LogP contribution in [0.2, 0.25) is 0 Å². The molecule has 1 aromatic carbocycles. The summed E-state index contributed by atoms with van der Waals surface area (Å²) in [4.78, 5) is 12.1. The Balaban J connectivity index is 2.11. The molecule has 0 aliphatic carbocycles. The molecular weight excluding hydrogens is 252 g/mol. The Kier molecular flexibility index (Phi) is 4.59. The second-order valence-corrected chi connectivity index (χ2v) is 5.55. The highest BCUT2D eigenvalue weighted by Gasteiger charge is 2.40. The number of benzene rings is 1. The lowest BCUT2D eigenvalue weighted by atomic mass is 9.79. The van der Waals surface area contributed by atoms with Crippen LogP contribution in [0.4, 0.5) is 0 Å². The maximum absolute atomic E-state index is 12.1. The van der Waals surface area contributed by atoms with Crippen molar-refractivity contribution in [2.24, 2.45) is 5.41 Å². The number of ketones is 1. The lowest BCUT2D eigenvalue weighted by Crippen LogP contribution is -2.43. The summed E-state index contributed by atoms with van der Waals surface area (Å²) in [6, 6.07) is 9.76. The fraction of sp³-hybridized carbons (Fsp3) is 0.471. The van der Waals surface area contributed by atoms with E-state index in [0.717, 1.165) is 5.56 Å². The van der Waals surface area contributed by atoms with Gasteiger partial charge in [-0.25, -0.2) is 0 Å². The zero-order chi connectivity index (χ0) is 14.6. The number of terminal acetylenes is 1. The molecule has 2 rings (SSSR count). The molecule has 0 N–H and O–H groups in total. The van der Waals surface area contributed by atoms with Gasteiger partial charge in [-0.05, 0) is 6.42 Å². The Hall–Kier alpha value is -1.63. The van der Waals surface area contributed by atoms with Crippen molar-refractivity contribution in [2.75, 3.05) is 6.61 Å². The maximum Gasteiger partial charge on any atom is 0.184 e. The zero-order valence-corrected chi connectivity index (χ0v) is 12.0. The highest BCUT2D eigenvalue weighted by Crippen LogP contribution is 2.36. The summed E-state index contributed by atoms with van der Waals surface area (Å²) in [5, 5.41) is 0. The highest BCUT2D eigenvalue weighted by atomic mass is 16.7. The number of hydrogen-bond acceptors (Lipinski definition) is 3. The second-order valence-electron chi connectivity index (χ2n) is 5.55. The third-order valence-electron chi connectivity index (χ3n) is 3.80. The molecule has 0 radical (unpaired) electrons. The third kappa shape index (κ3) is 3.09. The van der Waals surface area contributed by atoms with Crippen LogP contribution in [0.25, 0.3) is 0 Å². The van der Waals surface area contributed by atoms with Crippen LogP contribution >= 0.6 is 0 Å². The van der Waals surface area contributed by atoms with Crippen LogP contribution in [-0.4, -0.2) is 18.5 Å². The summed E-state index contributed by atoms with van der Waals surface area (Å²) in [6.45, 7) is 4.37. The fourth-order valence-corrected chi connectivity index (χ4v) is 2.35. The van der Waals surface area contributed by atoms with Gasteiger partial charge in [-0.1, -0.05) is 50.1 Å². The van der Waals surface area contributed by atoms with E-state index in [9.17, 15) is 4.79 Å². The van der Waals surface area contributed by atoms with Crippen molar-refractivity contribution in [1.29, 1.82) is 0 Å². The summed E-state index contributed by atoms with van der Waals surface area (Å²) >= 11 is 0. The topological polar surface area (TPSA) is 35.5 Å². The molecule has 3 heteroatoms. The molecule has 1 fully saturated rings. The van der Waals surface area contributed by atoms with E-state index in [2.05, 4.69) is 5.92 Å². The van der Waals surface area contributed by atoms with Crippen LogP contribution in [-0.2, 0) is 14.3 Å². The lowest BCUT2D eigenvalue weighted by molar-refractivity contribution is -0.238. The first-order chi connectivity index (χ1) is 9.55. The van der Waals surface area contributed by atoms with Gasteiger partial charge >= 0.3 is 0 Å². The highest BCUT2D eigenvalue weighted by molar-refractivity contribution is 5.86. The van der Waals surface area contributed by atoms with Crippen LogP contribution in [0.5, 0.6) is 0 Å². The molecule has 106 valence electrons. The van der Waals surface area contributed by atoms with E-state index in [-0.39, 0.29) is 18.3 Å². The summed E-state index contributed by atoms with van der Waals surface area (Å²) in [5.41, 5.74) is 0.376. The molecule has 1 aliphatic rings. The average Bonchev–Trinajstić information content (AvgIpc) is 2.48. The number of ether oxygens (including phenoxy) is 2. The van der Waals surface area contributed by atoms with Crippen molar-refractivity contribution in [3.63, 3.8) is 0 Å². The molecule has 20 heavy (non-hydrogen) atoms. The first-order valence-corrected chi connectivity index (χ1v) is 6.84. The number of hydrogen-bond donors (Lipinski definition) is 0. The minimum Gasteiger partial charge on any atom is -0.348 e. The quantitative estimate of drug-likeness (QED) is 0.790. The molecule has 0 aromatic heterocycles. The SMILES string of the molecule is C#CCC(=O)C(C)(C)[C@@H]1CCO[C@H](c2ccccc2)O1. The van der Waals surface area contributed by atoms with E-state index in [4.69, 9.17) is 15.9 Å². The molecule has 0 bridgehead atoms. The van der Waals surface area contributed by atoms with Crippen molar-refractivity contribution in [3.8, 4) is 12.3 Å². The van der Waals surface area contributed by atoms with Gasteiger partial charge in [0.05, 0.1) is 24.5 Å². The van der Waals surface area contributed by atoms with E-state index < -0.39 is 11.7 Å². The predicted molar refractivity (Wildman–Crippen MR) is 76.9 cm³/mol. The monoisotopic (exact) mass is 272 g/mol. The van der Waals surface area contributed by atoms with Gasteiger partial charge in [0.25, 0.3) is 0 Å². The van der Waals surface area contributed by atoms with E-state index in [1.165, 1.54) is 0 Å². The Bertz CT molecular complexity index is 499. The molecule has 2 atom stereocenters. The maximum atomic E-state index is 12.1. The first kappa shape index (κ1) is 14.8. The summed E-state index contributed by atoms with van der Waals surface area (Å²) in [6.07, 6.45) is 5.49. The van der Waals surface area contributed by atoms with Crippen molar-refractivity contribution < 1.29 is 14.3 Å². The van der Waals surface area contributed by atoms with Crippen molar-refractivity contribution in [2.45, 2.75) is 39.1 Å². The molecule has 1 saturated heterocycles. The van der Waals surface area contributed by atoms with Crippen LogP contribution in [0.3, 0.4) is 0 Å². The van der Waals surface area contributed by atoms with Gasteiger partial charge in [-0.3, -0.25) is 4.79 Å². The largest absolute Gasteiger partial charge is 0.348 e. The van der Waals surface area contributed by atoms with Crippen LogP contribution < -0.4 is 0 Å². The second kappa shape index (κ2) is 6.21. The number of rotatable bonds is 4. The van der Waals surface area contributed by atoms with E-state index >= 15 is 0 Å². The normalized spacial score (nSPS) is 23.1. The van der Waals surface area contributed by atoms with Gasteiger partial charge in [-0.15, -0.1) is 6.42 Å². The average molecular weight is 272 g/mol. The summed E-state index contributed by atoms with van der Waals surface area (Å²) in [5.74, 6) is 2.46. The van der Waals surface area contributed by atoms with Gasteiger partial charge in [0.15, 0.2) is 12.1 Å². The summed E-state index contributed by atoms with van der Waals surface area (Å²) < 4.78 is 11.6. The van der Waals surface area contributed by atoms with Gasteiger partial charge in [-0.2, -0.15) is 0 Å². The molecule has 0 amide bonds. The zero-order valence-electron chi connectivity index (χ0n) is 12.0. The van der Waals surface area contributed by atoms with Gasteiger partial charge in [0.2, 0.25) is 0 Å². The van der Waals surface area contributed by atoms with Gasteiger partial charge < -0.3 is 9.47 Å². The van der Waals surface area contributed by atoms with E-state index in [0.29, 0.717) is 13.0 Å². The predicted octanol–water partition coefficient (Wildman–Crippen LogP) is 3.11. The molecule has 0 unspecified atom stereocenters. The van der Waals surface area contributed by atoms with Gasteiger partial charge in [0, 0.05) is 5.56 Å². The standard InChI is InChI=1S/C17H20O3/c1-4-8-14(18)17(2,3)15-11-12-19-16(20-15)13-9-6-5-7-10-13/h1,5-7,9-10,15-16H,8,11-12H2,2-3H3/t15-,16-/m0/s1. The molecule has 1 aliphatic heterocycles. The molecular formula is C17H20O3. The van der Waals surface area contributed by atoms with Gasteiger partial charge in [0.1, 0.15) is 0 Å². The third-order valence-corrected chi connectivity index (χ3v) is 3.80. The molecule has 3 nitrogen and oxygen atoms in total. The van der Waals surface area contributed by atoms with Crippen molar-refractivity contribution in [3.05, 3.63) is 35.9 Å². The molecule has 0 spiro atoms. The number of carbonyl (C=O) groups excluding carboxylic acids is 1. The van der Waals surface area contributed by atoms with E-state index in [1.807, 2.05) is 44.2 Å². The van der Waals surface area contributed by atoms with Crippen molar-refractivity contribution in [1.82, 2.24) is 0 Å². The summed E-state index contributed by atoms with van der Waals surface area (Å²) in [7, 11) is 0. The Morgan fingerprint density at radius 3 is 2.75 bits per heavy atom. The Morgan fingerprint density at radius 1 is 1.40 bits per heavy atom. The minimum absolute atomic E-state index is 0.0405. The smallest absolute Gasteiger partial charge is 0.184 e. The lowest BCUT2D eigenvalue weighted by Gasteiger charge is -2.38. The first-order valence-electron chi connectivity index (χ1n) is 6.84. The minimum atomic E-state index is -0.594. The van der Waals surface area contributed by atoms with E-state index in [1.54, 1.807) is 0 Å². The number of Topliss-reactive ketones (excluding diaryl/α,β-unsaturated/α-hetero) is 1.